The Bertz CT molecular complexity index is 656. The van der Waals surface area contributed by atoms with Crippen LogP contribution in [0, 0.1) is 0 Å². The van der Waals surface area contributed by atoms with Crippen molar-refractivity contribution in [1.29, 1.82) is 0 Å². The third kappa shape index (κ3) is 3.19. The number of piperazine rings is 1. The van der Waals surface area contributed by atoms with Crippen molar-refractivity contribution in [2.24, 2.45) is 0 Å². The molecule has 3 amide bonds. The number of anilines is 1. The van der Waals surface area contributed by atoms with E-state index in [2.05, 4.69) is 15.6 Å². The third-order valence-corrected chi connectivity index (χ3v) is 3.87. The average Bonchev–Trinajstić information content (AvgIpc) is 2.97. The number of thiazole rings is 1. The number of aromatic nitrogens is 1. The third-order valence-electron chi connectivity index (χ3n) is 3.11. The minimum Gasteiger partial charge on any atom is -0.353 e. The van der Waals surface area contributed by atoms with Crippen LogP contribution in [0.3, 0.4) is 0 Å². The van der Waals surface area contributed by atoms with Gasteiger partial charge >= 0.3 is 6.03 Å². The van der Waals surface area contributed by atoms with Crippen LogP contribution >= 0.6 is 11.3 Å². The molecule has 108 valence electrons. The molecule has 0 saturated carbocycles. The summed E-state index contributed by atoms with van der Waals surface area (Å²) < 4.78 is 0. The fraction of sp³-hybridized carbons (Fsp3) is 0.214. The van der Waals surface area contributed by atoms with Gasteiger partial charge in [0.25, 0.3) is 0 Å². The molecular formula is C14H14N4O2S. The normalized spacial score (nSPS) is 14.7. The zero-order valence-corrected chi connectivity index (χ0v) is 12.0. The molecule has 0 radical (unpaired) electrons. The molecule has 1 aliphatic rings. The summed E-state index contributed by atoms with van der Waals surface area (Å²) in [5, 5.41) is 7.85. The van der Waals surface area contributed by atoms with Gasteiger partial charge in [-0.3, -0.25) is 10.1 Å². The van der Waals surface area contributed by atoms with E-state index >= 15 is 0 Å². The number of hydrogen-bond donors (Lipinski definition) is 2. The van der Waals surface area contributed by atoms with Crippen molar-refractivity contribution in [3.05, 3.63) is 35.7 Å². The summed E-state index contributed by atoms with van der Waals surface area (Å²) in [4.78, 5) is 29.2. The number of nitrogens with zero attached hydrogens (tertiary/aromatic N) is 2. The minimum atomic E-state index is -0.293. The van der Waals surface area contributed by atoms with Crippen molar-refractivity contribution in [3.8, 4) is 11.3 Å². The molecule has 1 aromatic heterocycles. The summed E-state index contributed by atoms with van der Waals surface area (Å²) in [7, 11) is 0. The maximum absolute atomic E-state index is 12.1. The minimum absolute atomic E-state index is 0.0861. The fourth-order valence-electron chi connectivity index (χ4n) is 2.06. The molecule has 2 heterocycles. The standard InChI is InChI=1S/C14H14N4O2S/c19-12-8-18(7-6-15-12)14(20)17-13-16-11(9-21-13)10-4-2-1-3-5-10/h1-5,9H,6-8H2,(H,15,19)(H,16,17,20). The molecule has 1 aromatic carbocycles. The highest BCUT2D eigenvalue weighted by atomic mass is 32.1. The van der Waals surface area contributed by atoms with Gasteiger partial charge in [0.2, 0.25) is 5.91 Å². The highest BCUT2D eigenvalue weighted by Crippen LogP contribution is 2.24. The topological polar surface area (TPSA) is 74.3 Å². The Balaban J connectivity index is 1.67. The van der Waals surface area contributed by atoms with Gasteiger partial charge in [-0.05, 0) is 0 Å². The molecule has 0 bridgehead atoms. The van der Waals surface area contributed by atoms with Crippen molar-refractivity contribution < 1.29 is 9.59 Å². The van der Waals surface area contributed by atoms with Gasteiger partial charge in [-0.1, -0.05) is 30.3 Å². The van der Waals surface area contributed by atoms with E-state index in [0.29, 0.717) is 18.2 Å². The first kappa shape index (κ1) is 13.6. The van der Waals surface area contributed by atoms with Crippen LogP contribution in [-0.2, 0) is 4.79 Å². The van der Waals surface area contributed by atoms with Crippen LogP contribution in [0.15, 0.2) is 35.7 Å². The SMILES string of the molecule is O=C1CN(C(=O)Nc2nc(-c3ccccc3)cs2)CCN1. The van der Waals surface area contributed by atoms with Crippen LogP contribution in [0.25, 0.3) is 11.3 Å². The lowest BCUT2D eigenvalue weighted by Gasteiger charge is -2.26. The van der Waals surface area contributed by atoms with Gasteiger partial charge in [0, 0.05) is 24.0 Å². The molecular weight excluding hydrogens is 288 g/mol. The van der Waals surface area contributed by atoms with E-state index in [-0.39, 0.29) is 18.5 Å². The highest BCUT2D eigenvalue weighted by molar-refractivity contribution is 7.14. The van der Waals surface area contributed by atoms with Crippen LogP contribution in [0.5, 0.6) is 0 Å². The van der Waals surface area contributed by atoms with E-state index in [0.717, 1.165) is 11.3 Å². The summed E-state index contributed by atoms with van der Waals surface area (Å²) in [5.74, 6) is -0.138. The Hall–Kier alpha value is -2.41. The van der Waals surface area contributed by atoms with Crippen molar-refractivity contribution in [2.45, 2.75) is 0 Å². The van der Waals surface area contributed by atoms with Gasteiger partial charge < -0.3 is 10.2 Å². The quantitative estimate of drug-likeness (QED) is 0.888. The smallest absolute Gasteiger partial charge is 0.324 e. The number of carbonyl (C=O) groups is 2. The number of urea groups is 1. The second-order valence-corrected chi connectivity index (χ2v) is 5.46. The second kappa shape index (κ2) is 5.92. The van der Waals surface area contributed by atoms with Crippen LogP contribution in [0.1, 0.15) is 0 Å². The molecule has 3 rings (SSSR count). The maximum Gasteiger partial charge on any atom is 0.324 e. The lowest BCUT2D eigenvalue weighted by Crippen LogP contribution is -2.51. The Morgan fingerprint density at radius 1 is 1.33 bits per heavy atom. The summed E-state index contributed by atoms with van der Waals surface area (Å²) >= 11 is 1.37. The van der Waals surface area contributed by atoms with E-state index in [1.165, 1.54) is 16.2 Å². The molecule has 0 atom stereocenters. The first-order valence-electron chi connectivity index (χ1n) is 6.56. The molecule has 2 aromatic rings. The number of amides is 3. The fourth-order valence-corrected chi connectivity index (χ4v) is 2.76. The Kier molecular flexibility index (Phi) is 3.83. The molecule has 6 nitrogen and oxygen atoms in total. The Morgan fingerprint density at radius 2 is 2.14 bits per heavy atom. The average molecular weight is 302 g/mol. The van der Waals surface area contributed by atoms with Gasteiger partial charge in [-0.25, -0.2) is 9.78 Å². The van der Waals surface area contributed by atoms with Gasteiger partial charge in [0.05, 0.1) is 5.69 Å². The zero-order valence-electron chi connectivity index (χ0n) is 11.2. The molecule has 1 fully saturated rings. The van der Waals surface area contributed by atoms with E-state index < -0.39 is 0 Å². The van der Waals surface area contributed by atoms with Crippen LogP contribution < -0.4 is 10.6 Å². The predicted octanol–water partition coefficient (Wildman–Crippen LogP) is 1.77. The summed E-state index contributed by atoms with van der Waals surface area (Å²) in [6.45, 7) is 1.08. The number of hydrogen-bond acceptors (Lipinski definition) is 4. The molecule has 0 spiro atoms. The monoisotopic (exact) mass is 302 g/mol. The molecule has 1 saturated heterocycles. The highest BCUT2D eigenvalue weighted by Gasteiger charge is 2.21. The molecule has 1 aliphatic heterocycles. The summed E-state index contributed by atoms with van der Waals surface area (Å²) in [5.41, 5.74) is 1.83. The van der Waals surface area contributed by atoms with E-state index in [1.54, 1.807) is 0 Å². The first-order valence-corrected chi connectivity index (χ1v) is 7.44. The predicted molar refractivity (Wildman–Crippen MR) is 81.2 cm³/mol. The largest absolute Gasteiger partial charge is 0.353 e. The second-order valence-electron chi connectivity index (χ2n) is 4.61. The number of nitrogens with one attached hydrogen (secondary N) is 2. The van der Waals surface area contributed by atoms with Gasteiger partial charge in [0.1, 0.15) is 6.54 Å². The van der Waals surface area contributed by atoms with Crippen molar-refractivity contribution in [3.63, 3.8) is 0 Å². The maximum atomic E-state index is 12.1. The first-order chi connectivity index (χ1) is 10.2. The summed E-state index contributed by atoms with van der Waals surface area (Å²) in [6, 6.07) is 9.47. The Morgan fingerprint density at radius 3 is 2.90 bits per heavy atom. The van der Waals surface area contributed by atoms with Crippen molar-refractivity contribution in [1.82, 2.24) is 15.2 Å². The molecule has 0 aliphatic carbocycles. The van der Waals surface area contributed by atoms with Gasteiger partial charge in [-0.15, -0.1) is 11.3 Å². The van der Waals surface area contributed by atoms with E-state index in [9.17, 15) is 9.59 Å². The van der Waals surface area contributed by atoms with Crippen molar-refractivity contribution >= 4 is 28.4 Å². The molecule has 0 unspecified atom stereocenters. The lowest BCUT2D eigenvalue weighted by molar-refractivity contribution is -0.123. The molecule has 2 N–H and O–H groups in total. The van der Waals surface area contributed by atoms with Gasteiger partial charge in [-0.2, -0.15) is 0 Å². The van der Waals surface area contributed by atoms with Crippen LogP contribution in [0.2, 0.25) is 0 Å². The van der Waals surface area contributed by atoms with E-state index in [4.69, 9.17) is 0 Å². The van der Waals surface area contributed by atoms with Crippen LogP contribution in [0.4, 0.5) is 9.93 Å². The lowest BCUT2D eigenvalue weighted by atomic mass is 10.2. The summed E-state index contributed by atoms with van der Waals surface area (Å²) in [6.07, 6.45) is 0. The number of carbonyl (C=O) groups excluding carboxylic acids is 2. The van der Waals surface area contributed by atoms with Crippen LogP contribution in [-0.4, -0.2) is 41.5 Å². The van der Waals surface area contributed by atoms with Gasteiger partial charge in [0.15, 0.2) is 5.13 Å². The Labute approximate surface area is 125 Å². The molecule has 7 heteroatoms. The zero-order chi connectivity index (χ0) is 14.7. The number of rotatable bonds is 2. The van der Waals surface area contributed by atoms with Crippen molar-refractivity contribution in [2.75, 3.05) is 25.0 Å². The van der Waals surface area contributed by atoms with E-state index in [1.807, 2.05) is 35.7 Å². The molecule has 21 heavy (non-hydrogen) atoms. The number of benzene rings is 1.